The summed E-state index contributed by atoms with van der Waals surface area (Å²) in [5.74, 6) is 0. The van der Waals surface area contributed by atoms with Gasteiger partial charge in [0.25, 0.3) is 0 Å². The van der Waals surface area contributed by atoms with Gasteiger partial charge in [-0.3, -0.25) is 0 Å². The van der Waals surface area contributed by atoms with Gasteiger partial charge in [0.1, 0.15) is 0 Å². The maximum Gasteiger partial charge on any atom is 0.417 e. The van der Waals surface area contributed by atoms with Crippen molar-refractivity contribution in [3.8, 4) is 0 Å². The number of nitrogens with two attached hydrogens (primary N) is 1. The SMILES string of the molecule is N[C@@H](c1ccc(Cl)cc1)c1ccc(Cl)c(C(F)(F)F)c1. The molecule has 0 saturated heterocycles. The van der Waals surface area contributed by atoms with Gasteiger partial charge in [-0.1, -0.05) is 41.4 Å². The van der Waals surface area contributed by atoms with Crippen LogP contribution in [0.1, 0.15) is 22.7 Å². The third-order valence-electron chi connectivity index (χ3n) is 2.88. The number of alkyl halides is 3. The molecule has 0 aliphatic rings. The van der Waals surface area contributed by atoms with Gasteiger partial charge in [-0.2, -0.15) is 13.2 Å². The van der Waals surface area contributed by atoms with Crippen LogP contribution in [-0.4, -0.2) is 0 Å². The number of halogens is 5. The zero-order valence-corrected chi connectivity index (χ0v) is 11.6. The lowest BCUT2D eigenvalue weighted by Gasteiger charge is -2.16. The van der Waals surface area contributed by atoms with E-state index in [9.17, 15) is 13.2 Å². The summed E-state index contributed by atoms with van der Waals surface area (Å²) in [5.41, 5.74) is 6.10. The lowest BCUT2D eigenvalue weighted by atomic mass is 9.98. The smallest absolute Gasteiger partial charge is 0.320 e. The summed E-state index contributed by atoms with van der Waals surface area (Å²) in [7, 11) is 0. The van der Waals surface area contributed by atoms with Gasteiger partial charge >= 0.3 is 6.18 Å². The molecule has 0 aliphatic carbocycles. The first-order valence-corrected chi connectivity index (χ1v) is 6.42. The Hall–Kier alpha value is -1.23. The molecule has 1 nitrogen and oxygen atoms in total. The lowest BCUT2D eigenvalue weighted by Crippen LogP contribution is -2.14. The van der Waals surface area contributed by atoms with Gasteiger partial charge in [0, 0.05) is 5.02 Å². The van der Waals surface area contributed by atoms with Gasteiger partial charge in [0.05, 0.1) is 16.6 Å². The highest BCUT2D eigenvalue weighted by Gasteiger charge is 2.33. The highest BCUT2D eigenvalue weighted by atomic mass is 35.5. The Morgan fingerprint density at radius 1 is 0.900 bits per heavy atom. The summed E-state index contributed by atoms with van der Waals surface area (Å²) >= 11 is 11.3. The van der Waals surface area contributed by atoms with Crippen LogP contribution < -0.4 is 5.73 Å². The summed E-state index contributed by atoms with van der Waals surface area (Å²) in [5, 5.41) is 0.192. The monoisotopic (exact) mass is 319 g/mol. The molecular weight excluding hydrogens is 310 g/mol. The van der Waals surface area contributed by atoms with Gasteiger partial charge in [-0.15, -0.1) is 0 Å². The van der Waals surface area contributed by atoms with Crippen molar-refractivity contribution in [2.75, 3.05) is 0 Å². The number of rotatable bonds is 2. The molecule has 2 aromatic carbocycles. The molecule has 0 radical (unpaired) electrons. The zero-order chi connectivity index (χ0) is 14.9. The van der Waals surface area contributed by atoms with Crippen LogP contribution in [0, 0.1) is 0 Å². The van der Waals surface area contributed by atoms with Crippen LogP contribution in [-0.2, 0) is 6.18 Å². The zero-order valence-electron chi connectivity index (χ0n) is 10.1. The Morgan fingerprint density at radius 2 is 1.45 bits per heavy atom. The molecule has 2 aromatic rings. The molecule has 2 N–H and O–H groups in total. The topological polar surface area (TPSA) is 26.0 Å². The van der Waals surface area contributed by atoms with Gasteiger partial charge < -0.3 is 5.73 Å². The second-order valence-electron chi connectivity index (χ2n) is 4.27. The molecule has 0 aromatic heterocycles. The molecule has 2 rings (SSSR count). The normalized spacial score (nSPS) is 13.3. The standard InChI is InChI=1S/C14H10Cl2F3N/c15-10-4-1-8(2-5-10)13(20)9-3-6-12(16)11(7-9)14(17,18)19/h1-7,13H,20H2/t13-/m0/s1. The van der Waals surface area contributed by atoms with E-state index in [4.69, 9.17) is 28.9 Å². The maximum absolute atomic E-state index is 12.8. The first-order valence-electron chi connectivity index (χ1n) is 5.66. The van der Waals surface area contributed by atoms with E-state index in [1.165, 1.54) is 12.1 Å². The van der Waals surface area contributed by atoms with Crippen LogP contribution in [0.2, 0.25) is 10.0 Å². The fourth-order valence-corrected chi connectivity index (χ4v) is 2.17. The van der Waals surface area contributed by atoms with Crippen LogP contribution in [0.25, 0.3) is 0 Å². The summed E-state index contributed by atoms with van der Waals surface area (Å²) < 4.78 is 38.4. The highest BCUT2D eigenvalue weighted by Crippen LogP contribution is 2.36. The van der Waals surface area contributed by atoms with Crippen LogP contribution in [0.4, 0.5) is 13.2 Å². The molecule has 0 amide bonds. The van der Waals surface area contributed by atoms with Gasteiger partial charge in [-0.25, -0.2) is 0 Å². The quantitative estimate of drug-likeness (QED) is 0.822. The van der Waals surface area contributed by atoms with Crippen LogP contribution in [0.15, 0.2) is 42.5 Å². The lowest BCUT2D eigenvalue weighted by molar-refractivity contribution is -0.137. The van der Waals surface area contributed by atoms with Gasteiger partial charge in [0.15, 0.2) is 0 Å². The van der Waals surface area contributed by atoms with Crippen molar-refractivity contribution in [2.24, 2.45) is 5.73 Å². The van der Waals surface area contributed by atoms with Crippen LogP contribution in [0.3, 0.4) is 0 Å². The Morgan fingerprint density at radius 3 is 2.00 bits per heavy atom. The second-order valence-corrected chi connectivity index (χ2v) is 5.11. The molecule has 20 heavy (non-hydrogen) atoms. The molecule has 0 aliphatic heterocycles. The van der Waals surface area contributed by atoms with Crippen molar-refractivity contribution in [1.82, 2.24) is 0 Å². The van der Waals surface area contributed by atoms with Crippen molar-refractivity contribution in [1.29, 1.82) is 0 Å². The minimum absolute atomic E-state index is 0.337. The average molecular weight is 320 g/mol. The van der Waals surface area contributed by atoms with Crippen LogP contribution >= 0.6 is 23.2 Å². The maximum atomic E-state index is 12.8. The Balaban J connectivity index is 2.40. The number of benzene rings is 2. The van der Waals surface area contributed by atoms with Gasteiger partial charge in [-0.05, 0) is 35.4 Å². The van der Waals surface area contributed by atoms with E-state index in [1.807, 2.05) is 0 Å². The van der Waals surface area contributed by atoms with Gasteiger partial charge in [0.2, 0.25) is 0 Å². The Bertz CT molecular complexity index is 609. The molecule has 0 unspecified atom stereocenters. The first-order chi connectivity index (χ1) is 9.29. The largest absolute Gasteiger partial charge is 0.417 e. The van der Waals surface area contributed by atoms with E-state index < -0.39 is 17.8 Å². The van der Waals surface area contributed by atoms with E-state index in [-0.39, 0.29) is 5.02 Å². The van der Waals surface area contributed by atoms with E-state index in [0.29, 0.717) is 16.1 Å². The molecular formula is C14H10Cl2F3N. The summed E-state index contributed by atoms with van der Waals surface area (Å²) in [6, 6.07) is 9.61. The second kappa shape index (κ2) is 5.64. The predicted octanol–water partition coefficient (Wildman–Crippen LogP) is 5.06. The van der Waals surface area contributed by atoms with Crippen molar-refractivity contribution in [3.63, 3.8) is 0 Å². The fourth-order valence-electron chi connectivity index (χ4n) is 1.82. The highest BCUT2D eigenvalue weighted by molar-refractivity contribution is 6.31. The number of hydrogen-bond acceptors (Lipinski definition) is 1. The minimum atomic E-state index is -4.51. The molecule has 0 spiro atoms. The Labute approximate surface area is 124 Å². The van der Waals surface area contributed by atoms with E-state index in [1.54, 1.807) is 24.3 Å². The molecule has 6 heteroatoms. The fraction of sp³-hybridized carbons (Fsp3) is 0.143. The van der Waals surface area contributed by atoms with Crippen molar-refractivity contribution in [3.05, 3.63) is 69.2 Å². The van der Waals surface area contributed by atoms with Crippen molar-refractivity contribution in [2.45, 2.75) is 12.2 Å². The molecule has 1 atom stereocenters. The third-order valence-corrected chi connectivity index (χ3v) is 3.47. The minimum Gasteiger partial charge on any atom is -0.320 e. The van der Waals surface area contributed by atoms with Crippen LogP contribution in [0.5, 0.6) is 0 Å². The molecule has 0 fully saturated rings. The molecule has 0 bridgehead atoms. The number of hydrogen-bond donors (Lipinski definition) is 1. The molecule has 106 valence electrons. The predicted molar refractivity (Wildman–Crippen MR) is 73.9 cm³/mol. The van der Waals surface area contributed by atoms with E-state index in [2.05, 4.69) is 0 Å². The third kappa shape index (κ3) is 3.26. The summed E-state index contributed by atoms with van der Waals surface area (Å²) in [6.07, 6.45) is -4.51. The first kappa shape index (κ1) is 15.2. The Kier molecular flexibility index (Phi) is 4.28. The van der Waals surface area contributed by atoms with E-state index >= 15 is 0 Å². The summed E-state index contributed by atoms with van der Waals surface area (Å²) in [6.45, 7) is 0. The molecule has 0 saturated carbocycles. The summed E-state index contributed by atoms with van der Waals surface area (Å²) in [4.78, 5) is 0. The molecule has 0 heterocycles. The average Bonchev–Trinajstić information content (AvgIpc) is 2.38. The van der Waals surface area contributed by atoms with Crippen molar-refractivity contribution >= 4 is 23.2 Å². The van der Waals surface area contributed by atoms with E-state index in [0.717, 1.165) is 6.07 Å². The van der Waals surface area contributed by atoms with Crippen molar-refractivity contribution < 1.29 is 13.2 Å².